The molecule has 12 aromatic rings. The summed E-state index contributed by atoms with van der Waals surface area (Å²) in [5, 5.41) is 7.30. The highest BCUT2D eigenvalue weighted by Gasteiger charge is 2.51. The predicted octanol–water partition coefficient (Wildman–Crippen LogP) is 17.0. The van der Waals surface area contributed by atoms with Gasteiger partial charge in [0.15, 0.2) is 0 Å². The fraction of sp³-hybridized carbons (Fsp3) is 0.0159. The third kappa shape index (κ3) is 4.94. The molecule has 1 spiro atoms. The van der Waals surface area contributed by atoms with Gasteiger partial charge < -0.3 is 9.32 Å². The molecule has 2 aliphatic rings. The van der Waals surface area contributed by atoms with Gasteiger partial charge in [-0.15, -0.1) is 0 Å². The largest absolute Gasteiger partial charge is 0.456 e. The van der Waals surface area contributed by atoms with Crippen LogP contribution in [0.2, 0.25) is 0 Å². The van der Waals surface area contributed by atoms with Gasteiger partial charge in [-0.25, -0.2) is 0 Å². The van der Waals surface area contributed by atoms with Crippen LogP contribution in [-0.4, -0.2) is 0 Å². The minimum absolute atomic E-state index is 0.660. The van der Waals surface area contributed by atoms with Crippen LogP contribution in [0.4, 0.5) is 17.1 Å². The number of benzene rings is 11. The van der Waals surface area contributed by atoms with E-state index in [1.807, 2.05) is 0 Å². The minimum Gasteiger partial charge on any atom is -0.456 e. The Morgan fingerprint density at radius 2 is 0.846 bits per heavy atom. The predicted molar refractivity (Wildman–Crippen MR) is 271 cm³/mol. The molecule has 0 saturated carbocycles. The molecule has 1 heterocycles. The summed E-state index contributed by atoms with van der Waals surface area (Å²) < 4.78 is 6.59. The molecular formula is C63H39NO. The molecule has 2 heteroatoms. The van der Waals surface area contributed by atoms with Crippen LogP contribution in [0.5, 0.6) is 0 Å². The van der Waals surface area contributed by atoms with Gasteiger partial charge in [-0.2, -0.15) is 0 Å². The Labute approximate surface area is 376 Å². The van der Waals surface area contributed by atoms with Gasteiger partial charge in [-0.05, 0) is 119 Å². The number of para-hydroxylation sites is 2. The lowest BCUT2D eigenvalue weighted by Gasteiger charge is -2.37. The molecule has 2 aliphatic carbocycles. The highest BCUT2D eigenvalue weighted by atomic mass is 16.3. The van der Waals surface area contributed by atoms with E-state index in [1.165, 1.54) is 77.2 Å². The maximum Gasteiger partial charge on any atom is 0.137 e. The maximum absolute atomic E-state index is 6.59. The van der Waals surface area contributed by atoms with E-state index in [0.29, 0.717) is 0 Å². The minimum atomic E-state index is -0.660. The standard InChI is InChI=1S/C63H39NO/c1-2-19-40(20-3-1)42-21-12-16-33-56(42)64(57-34-18-36-59-61(57)51-30-13-17-35-58(51)65-59)41-37-38-55-52(39-41)46-25-5-4-22-43(46)47-26-10-14-31-53(47)63(55)54-32-15-11-29-50(54)60-48-27-8-6-23-44(48)45-24-7-9-28-49(45)62(60)63/h1-39H. The van der Waals surface area contributed by atoms with Crippen molar-refractivity contribution >= 4 is 60.5 Å². The molecule has 302 valence electrons. The number of anilines is 3. The zero-order valence-electron chi connectivity index (χ0n) is 35.4. The molecule has 1 unspecified atom stereocenters. The number of furan rings is 1. The van der Waals surface area contributed by atoms with Crippen LogP contribution < -0.4 is 4.90 Å². The molecule has 2 nitrogen and oxygen atoms in total. The van der Waals surface area contributed by atoms with E-state index in [2.05, 4.69) is 241 Å². The summed E-state index contributed by atoms with van der Waals surface area (Å²) in [7, 11) is 0. The first-order valence-electron chi connectivity index (χ1n) is 22.5. The summed E-state index contributed by atoms with van der Waals surface area (Å²) in [5.41, 5.74) is 19.3. The second-order valence-electron chi connectivity index (χ2n) is 17.4. The lowest BCUT2D eigenvalue weighted by Crippen LogP contribution is -2.29. The van der Waals surface area contributed by atoms with Crippen molar-refractivity contribution in [2.75, 3.05) is 4.90 Å². The molecule has 0 N–H and O–H groups in total. The maximum atomic E-state index is 6.59. The molecule has 0 fully saturated rings. The number of nitrogens with zero attached hydrogens (tertiary/aromatic N) is 1. The van der Waals surface area contributed by atoms with Crippen molar-refractivity contribution in [3.63, 3.8) is 0 Å². The Kier molecular flexibility index (Phi) is 7.64. The lowest BCUT2D eigenvalue weighted by atomic mass is 9.64. The van der Waals surface area contributed by atoms with Gasteiger partial charge in [0.1, 0.15) is 11.2 Å². The van der Waals surface area contributed by atoms with Crippen LogP contribution in [0.1, 0.15) is 22.3 Å². The Balaban J connectivity index is 1.15. The Hall–Kier alpha value is -8.46. The number of rotatable bonds is 4. The molecule has 1 atom stereocenters. The Morgan fingerprint density at radius 3 is 1.63 bits per heavy atom. The Morgan fingerprint density at radius 1 is 0.323 bits per heavy atom. The topological polar surface area (TPSA) is 16.4 Å². The molecule has 0 aliphatic heterocycles. The van der Waals surface area contributed by atoms with Crippen molar-refractivity contribution in [2.45, 2.75) is 5.41 Å². The van der Waals surface area contributed by atoms with E-state index >= 15 is 0 Å². The quantitative estimate of drug-likeness (QED) is 0.164. The second kappa shape index (κ2) is 13.8. The van der Waals surface area contributed by atoms with Crippen LogP contribution in [0.25, 0.3) is 88.0 Å². The molecule has 65 heavy (non-hydrogen) atoms. The lowest BCUT2D eigenvalue weighted by molar-refractivity contribution is 0.669. The van der Waals surface area contributed by atoms with E-state index < -0.39 is 5.41 Å². The van der Waals surface area contributed by atoms with Gasteiger partial charge in [-0.3, -0.25) is 0 Å². The second-order valence-corrected chi connectivity index (χ2v) is 17.4. The van der Waals surface area contributed by atoms with Crippen molar-refractivity contribution in [2.24, 2.45) is 0 Å². The molecule has 0 saturated heterocycles. The first kappa shape index (κ1) is 36.1. The van der Waals surface area contributed by atoms with Crippen LogP contribution in [-0.2, 0) is 5.41 Å². The van der Waals surface area contributed by atoms with E-state index in [4.69, 9.17) is 4.42 Å². The number of fused-ring (bicyclic) bond motifs is 20. The average molecular weight is 826 g/mol. The van der Waals surface area contributed by atoms with Gasteiger partial charge in [0, 0.05) is 16.6 Å². The van der Waals surface area contributed by atoms with E-state index in [1.54, 1.807) is 0 Å². The summed E-state index contributed by atoms with van der Waals surface area (Å²) in [4.78, 5) is 2.47. The third-order valence-corrected chi connectivity index (χ3v) is 14.3. The summed E-state index contributed by atoms with van der Waals surface area (Å²) in [5.74, 6) is 0. The Bertz CT molecular complexity index is 3910. The van der Waals surface area contributed by atoms with E-state index in [0.717, 1.165) is 50.1 Å². The highest BCUT2D eigenvalue weighted by molar-refractivity contribution is 6.20. The smallest absolute Gasteiger partial charge is 0.137 e. The normalized spacial score (nSPS) is 14.5. The molecule has 11 aromatic carbocycles. The van der Waals surface area contributed by atoms with Crippen molar-refractivity contribution < 1.29 is 4.42 Å². The van der Waals surface area contributed by atoms with Crippen molar-refractivity contribution in [1.82, 2.24) is 0 Å². The summed E-state index contributed by atoms with van der Waals surface area (Å²) in [6, 6.07) is 87.4. The first-order chi connectivity index (χ1) is 32.3. The molecular weight excluding hydrogens is 787 g/mol. The van der Waals surface area contributed by atoms with Crippen LogP contribution >= 0.6 is 0 Å². The molecule has 0 radical (unpaired) electrons. The van der Waals surface area contributed by atoms with E-state index in [-0.39, 0.29) is 0 Å². The summed E-state index contributed by atoms with van der Waals surface area (Å²) >= 11 is 0. The van der Waals surface area contributed by atoms with Crippen LogP contribution in [0.3, 0.4) is 0 Å². The van der Waals surface area contributed by atoms with Crippen LogP contribution in [0.15, 0.2) is 241 Å². The average Bonchev–Trinajstić information content (AvgIpc) is 3.89. The highest BCUT2D eigenvalue weighted by Crippen LogP contribution is 2.64. The molecule has 0 amide bonds. The van der Waals surface area contributed by atoms with Crippen molar-refractivity contribution in [1.29, 1.82) is 0 Å². The number of hydrogen-bond acceptors (Lipinski definition) is 2. The van der Waals surface area contributed by atoms with Gasteiger partial charge in [0.05, 0.1) is 22.2 Å². The summed E-state index contributed by atoms with van der Waals surface area (Å²) in [6.07, 6.45) is 0. The molecule has 1 aromatic heterocycles. The zero-order valence-corrected chi connectivity index (χ0v) is 35.4. The number of hydrogen-bond donors (Lipinski definition) is 0. The van der Waals surface area contributed by atoms with Gasteiger partial charge in [0.2, 0.25) is 0 Å². The third-order valence-electron chi connectivity index (χ3n) is 14.3. The molecule has 0 bridgehead atoms. The SMILES string of the molecule is c1ccc(-c2ccccc2N(c2ccc3c(c2)-c2ccccc2-c2ccccc2C32c3ccccc3-c3c2c2ccccc2c2ccccc32)c2cccc3oc4ccccc4c23)cc1. The summed E-state index contributed by atoms with van der Waals surface area (Å²) in [6.45, 7) is 0. The fourth-order valence-electron chi connectivity index (χ4n) is 11.8. The van der Waals surface area contributed by atoms with Crippen molar-refractivity contribution in [3.8, 4) is 44.5 Å². The van der Waals surface area contributed by atoms with Gasteiger partial charge >= 0.3 is 0 Å². The van der Waals surface area contributed by atoms with Gasteiger partial charge in [0.25, 0.3) is 0 Å². The first-order valence-corrected chi connectivity index (χ1v) is 22.5. The zero-order chi connectivity index (χ0) is 42.6. The van der Waals surface area contributed by atoms with E-state index in [9.17, 15) is 0 Å². The van der Waals surface area contributed by atoms with Crippen molar-refractivity contribution in [3.05, 3.63) is 259 Å². The van der Waals surface area contributed by atoms with Crippen LogP contribution in [0, 0.1) is 0 Å². The van der Waals surface area contributed by atoms with Gasteiger partial charge in [-0.1, -0.05) is 200 Å². The molecule has 14 rings (SSSR count). The fourth-order valence-corrected chi connectivity index (χ4v) is 11.8. The monoisotopic (exact) mass is 825 g/mol.